The molecule has 1 N–H and O–H groups in total. The second-order valence-corrected chi connectivity index (χ2v) is 7.32. The third kappa shape index (κ3) is 3.10. The number of rotatable bonds is 4. The number of imidazole rings is 1. The zero-order valence-electron chi connectivity index (χ0n) is 13.1. The molecule has 3 rings (SSSR count). The lowest BCUT2D eigenvalue weighted by Crippen LogP contribution is -2.48. The largest absolute Gasteiger partial charge is 0.497 e. The molecule has 1 fully saturated rings. The van der Waals surface area contributed by atoms with Gasteiger partial charge >= 0.3 is 0 Å². The van der Waals surface area contributed by atoms with E-state index in [-0.39, 0.29) is 11.1 Å². The maximum absolute atomic E-state index is 12.9. The fraction of sp³-hybridized carbons (Fsp3) is 0.400. The Balaban J connectivity index is 1.94. The van der Waals surface area contributed by atoms with Crippen LogP contribution in [0.3, 0.4) is 0 Å². The van der Waals surface area contributed by atoms with Crippen LogP contribution in [0, 0.1) is 0 Å². The van der Waals surface area contributed by atoms with E-state index in [1.165, 1.54) is 16.8 Å². The molecule has 0 saturated carbocycles. The zero-order chi connectivity index (χ0) is 16.4. The van der Waals surface area contributed by atoms with Gasteiger partial charge in [-0.05, 0) is 17.7 Å². The van der Waals surface area contributed by atoms with E-state index < -0.39 is 10.0 Å². The fourth-order valence-electron chi connectivity index (χ4n) is 2.73. The second kappa shape index (κ2) is 6.31. The Morgan fingerprint density at radius 1 is 1.30 bits per heavy atom. The van der Waals surface area contributed by atoms with E-state index in [0.717, 1.165) is 11.3 Å². The Bertz CT molecular complexity index is 770. The minimum Gasteiger partial charge on any atom is -0.497 e. The summed E-state index contributed by atoms with van der Waals surface area (Å²) in [5.41, 5.74) is 0.928. The zero-order valence-corrected chi connectivity index (χ0v) is 14.0. The number of nitrogens with one attached hydrogen (secondary N) is 1. The van der Waals surface area contributed by atoms with Gasteiger partial charge < -0.3 is 14.6 Å². The molecule has 2 aromatic rings. The number of nitrogens with zero attached hydrogens (tertiary/aromatic N) is 3. The third-order valence-corrected chi connectivity index (χ3v) is 5.74. The molecule has 0 radical (unpaired) electrons. The molecule has 1 aliphatic rings. The topological polar surface area (TPSA) is 76.5 Å². The summed E-state index contributed by atoms with van der Waals surface area (Å²) in [6, 6.07) is 7.22. The summed E-state index contributed by atoms with van der Waals surface area (Å²) >= 11 is 0. The van der Waals surface area contributed by atoms with E-state index in [0.29, 0.717) is 19.6 Å². The van der Waals surface area contributed by atoms with E-state index in [9.17, 15) is 8.42 Å². The summed E-state index contributed by atoms with van der Waals surface area (Å²) in [6.07, 6.45) is 3.03. The predicted octanol–water partition coefficient (Wildman–Crippen LogP) is 0.764. The SMILES string of the molecule is COc1ccc([C@H]2CNCCN2S(=O)(=O)c2cn(C)cn2)cc1. The van der Waals surface area contributed by atoms with Gasteiger partial charge in [-0.2, -0.15) is 4.31 Å². The van der Waals surface area contributed by atoms with E-state index in [1.54, 1.807) is 18.7 Å². The molecule has 1 aromatic carbocycles. The van der Waals surface area contributed by atoms with E-state index in [2.05, 4.69) is 10.3 Å². The van der Waals surface area contributed by atoms with Gasteiger partial charge in [-0.1, -0.05) is 12.1 Å². The van der Waals surface area contributed by atoms with Gasteiger partial charge in [-0.15, -0.1) is 0 Å². The van der Waals surface area contributed by atoms with Crippen molar-refractivity contribution >= 4 is 10.0 Å². The first kappa shape index (κ1) is 16.0. The van der Waals surface area contributed by atoms with E-state index >= 15 is 0 Å². The molecular weight excluding hydrogens is 316 g/mol. The van der Waals surface area contributed by atoms with Crippen molar-refractivity contribution in [1.29, 1.82) is 0 Å². The van der Waals surface area contributed by atoms with E-state index in [4.69, 9.17) is 4.74 Å². The molecule has 0 amide bonds. The van der Waals surface area contributed by atoms with Crippen molar-refractivity contribution in [1.82, 2.24) is 19.2 Å². The van der Waals surface area contributed by atoms with Crippen LogP contribution in [0.5, 0.6) is 5.75 Å². The molecule has 0 bridgehead atoms. The van der Waals surface area contributed by atoms with Gasteiger partial charge in [0, 0.05) is 32.9 Å². The van der Waals surface area contributed by atoms with Crippen LogP contribution in [0.2, 0.25) is 0 Å². The van der Waals surface area contributed by atoms with Gasteiger partial charge in [0.15, 0.2) is 5.03 Å². The maximum Gasteiger partial charge on any atom is 0.262 e. The van der Waals surface area contributed by atoms with Crippen LogP contribution < -0.4 is 10.1 Å². The predicted molar refractivity (Wildman–Crippen MR) is 85.7 cm³/mol. The van der Waals surface area contributed by atoms with Crippen LogP contribution >= 0.6 is 0 Å². The number of aromatic nitrogens is 2. The van der Waals surface area contributed by atoms with Crippen LogP contribution in [0.4, 0.5) is 0 Å². The average molecular weight is 336 g/mol. The number of hydrogen-bond acceptors (Lipinski definition) is 5. The Morgan fingerprint density at radius 2 is 2.04 bits per heavy atom. The number of aryl methyl sites for hydroxylation is 1. The van der Waals surface area contributed by atoms with Crippen LogP contribution in [-0.4, -0.2) is 49.0 Å². The molecule has 1 saturated heterocycles. The highest BCUT2D eigenvalue weighted by molar-refractivity contribution is 7.89. The first-order valence-electron chi connectivity index (χ1n) is 7.37. The highest BCUT2D eigenvalue weighted by Crippen LogP contribution is 2.29. The summed E-state index contributed by atoms with van der Waals surface area (Å²) in [6.45, 7) is 1.60. The van der Waals surface area contributed by atoms with Gasteiger partial charge in [0.1, 0.15) is 5.75 Å². The van der Waals surface area contributed by atoms with Gasteiger partial charge in [0.2, 0.25) is 0 Å². The summed E-state index contributed by atoms with van der Waals surface area (Å²) in [4.78, 5) is 4.01. The minimum atomic E-state index is -3.62. The normalized spacial score (nSPS) is 19.7. The molecule has 7 nitrogen and oxygen atoms in total. The number of sulfonamides is 1. The maximum atomic E-state index is 12.9. The summed E-state index contributed by atoms with van der Waals surface area (Å²) in [5.74, 6) is 0.747. The lowest BCUT2D eigenvalue weighted by atomic mass is 10.1. The first-order chi connectivity index (χ1) is 11.0. The van der Waals surface area contributed by atoms with Crippen LogP contribution in [0.15, 0.2) is 41.8 Å². The molecular formula is C15H20N4O3S. The Hall–Kier alpha value is -1.90. The van der Waals surface area contributed by atoms with Gasteiger partial charge in [-0.25, -0.2) is 13.4 Å². The van der Waals surface area contributed by atoms with Crippen LogP contribution in [-0.2, 0) is 17.1 Å². The summed E-state index contributed by atoms with van der Waals surface area (Å²) in [7, 11) is -0.263. The smallest absolute Gasteiger partial charge is 0.262 e. The molecule has 0 spiro atoms. The molecule has 2 heterocycles. The summed E-state index contributed by atoms with van der Waals surface area (Å²) in [5, 5.41) is 3.34. The van der Waals surface area contributed by atoms with Gasteiger partial charge in [0.05, 0.1) is 19.5 Å². The highest BCUT2D eigenvalue weighted by atomic mass is 32.2. The van der Waals surface area contributed by atoms with Crippen molar-refractivity contribution in [2.24, 2.45) is 7.05 Å². The van der Waals surface area contributed by atoms with Gasteiger partial charge in [0.25, 0.3) is 10.0 Å². The number of ether oxygens (including phenoxy) is 1. The molecule has 1 aromatic heterocycles. The summed E-state index contributed by atoms with van der Waals surface area (Å²) < 4.78 is 34.1. The number of methoxy groups -OCH3 is 1. The van der Waals surface area contributed by atoms with Crippen LogP contribution in [0.1, 0.15) is 11.6 Å². The van der Waals surface area contributed by atoms with Crippen molar-refractivity contribution in [2.45, 2.75) is 11.1 Å². The molecule has 0 aliphatic carbocycles. The van der Waals surface area contributed by atoms with Crippen molar-refractivity contribution in [3.63, 3.8) is 0 Å². The lowest BCUT2D eigenvalue weighted by molar-refractivity contribution is 0.270. The number of piperazine rings is 1. The first-order valence-corrected chi connectivity index (χ1v) is 8.81. The van der Waals surface area contributed by atoms with Crippen molar-refractivity contribution in [3.8, 4) is 5.75 Å². The third-order valence-electron chi connectivity index (χ3n) is 3.95. The molecule has 1 atom stereocenters. The van der Waals surface area contributed by atoms with Crippen molar-refractivity contribution in [3.05, 3.63) is 42.4 Å². The fourth-order valence-corrected chi connectivity index (χ4v) is 4.31. The molecule has 23 heavy (non-hydrogen) atoms. The highest BCUT2D eigenvalue weighted by Gasteiger charge is 2.35. The van der Waals surface area contributed by atoms with Crippen LogP contribution in [0.25, 0.3) is 0 Å². The second-order valence-electron chi connectivity index (χ2n) is 5.49. The molecule has 0 unspecified atom stereocenters. The van der Waals surface area contributed by atoms with Gasteiger partial charge in [-0.3, -0.25) is 0 Å². The molecule has 124 valence electrons. The quantitative estimate of drug-likeness (QED) is 0.892. The lowest BCUT2D eigenvalue weighted by Gasteiger charge is -2.34. The Morgan fingerprint density at radius 3 is 2.65 bits per heavy atom. The number of hydrogen-bond donors (Lipinski definition) is 1. The number of benzene rings is 1. The molecule has 1 aliphatic heterocycles. The Labute approximate surface area is 135 Å². The standard InChI is InChI=1S/C15H20N4O3S/c1-18-10-15(17-11-18)23(20,21)19-8-7-16-9-14(19)12-3-5-13(22-2)6-4-12/h3-6,10-11,14,16H,7-9H2,1-2H3/t14-/m1/s1. The average Bonchev–Trinajstić information content (AvgIpc) is 3.02. The minimum absolute atomic E-state index is 0.0837. The van der Waals surface area contributed by atoms with E-state index in [1.807, 2.05) is 24.3 Å². The molecule has 8 heteroatoms. The van der Waals surface area contributed by atoms with Crippen molar-refractivity contribution < 1.29 is 13.2 Å². The monoisotopic (exact) mass is 336 g/mol. The Kier molecular flexibility index (Phi) is 4.38. The van der Waals surface area contributed by atoms with Crippen molar-refractivity contribution in [2.75, 3.05) is 26.7 Å².